The first-order valence-corrected chi connectivity index (χ1v) is 6.66. The maximum atomic E-state index is 3.99. The van der Waals surface area contributed by atoms with Crippen LogP contribution in [-0.2, 0) is 0 Å². The average Bonchev–Trinajstić information content (AvgIpc) is 2.36. The number of rotatable bonds is 3. The van der Waals surface area contributed by atoms with Crippen LogP contribution in [-0.4, -0.2) is 17.2 Å². The summed E-state index contributed by atoms with van der Waals surface area (Å²) < 4.78 is 0. The van der Waals surface area contributed by atoms with Gasteiger partial charge in [0.15, 0.2) is 0 Å². The van der Waals surface area contributed by atoms with Crippen molar-refractivity contribution in [3.05, 3.63) is 24.0 Å². The van der Waals surface area contributed by atoms with Crippen LogP contribution in [0.5, 0.6) is 0 Å². The maximum absolute atomic E-state index is 3.99. The number of hydrogen-bond acceptors (Lipinski definition) is 3. The minimum atomic E-state index is 0.431. The molecule has 0 radical (unpaired) electrons. The molecule has 0 bridgehead atoms. The highest BCUT2D eigenvalue weighted by Crippen LogP contribution is 2.39. The third kappa shape index (κ3) is 2.83. The van der Waals surface area contributed by atoms with Gasteiger partial charge in [0.1, 0.15) is 0 Å². The Balaban J connectivity index is 2.09. The molecule has 17 heavy (non-hydrogen) atoms. The van der Waals surface area contributed by atoms with Crippen LogP contribution in [0.3, 0.4) is 0 Å². The van der Waals surface area contributed by atoms with Crippen molar-refractivity contribution < 1.29 is 0 Å². The van der Waals surface area contributed by atoms with E-state index in [1.807, 2.05) is 13.2 Å². The zero-order chi connectivity index (χ0) is 12.3. The summed E-state index contributed by atoms with van der Waals surface area (Å²) in [7, 11) is 2.05. The largest absolute Gasteiger partial charge is 0.313 e. The molecule has 1 aliphatic carbocycles. The van der Waals surface area contributed by atoms with Gasteiger partial charge in [-0.05, 0) is 49.3 Å². The van der Waals surface area contributed by atoms with E-state index in [9.17, 15) is 0 Å². The molecule has 0 saturated heterocycles. The number of hydrogen-bond donors (Lipinski definition) is 1. The molecule has 1 fully saturated rings. The van der Waals surface area contributed by atoms with Crippen LogP contribution in [0.1, 0.15) is 44.7 Å². The highest BCUT2D eigenvalue weighted by molar-refractivity contribution is 5.13. The summed E-state index contributed by atoms with van der Waals surface area (Å²) in [6.07, 6.45) is 7.66. The Bertz CT molecular complexity index is 339. The van der Waals surface area contributed by atoms with Gasteiger partial charge in [-0.15, -0.1) is 0 Å². The van der Waals surface area contributed by atoms with Crippen molar-refractivity contribution in [2.45, 2.75) is 39.2 Å². The lowest BCUT2D eigenvalue weighted by molar-refractivity contribution is 0.174. The van der Waals surface area contributed by atoms with Crippen LogP contribution in [0.4, 0.5) is 0 Å². The smallest absolute Gasteiger partial charge is 0.0544 e. The molecule has 94 valence electrons. The van der Waals surface area contributed by atoms with Gasteiger partial charge in [-0.25, -0.2) is 0 Å². The third-order valence-corrected chi connectivity index (χ3v) is 4.39. The molecule has 1 aromatic rings. The van der Waals surface area contributed by atoms with Crippen LogP contribution in [0, 0.1) is 17.8 Å². The van der Waals surface area contributed by atoms with E-state index in [-0.39, 0.29) is 0 Å². The molecule has 0 aliphatic heterocycles. The number of aromatic nitrogens is 2. The molecule has 0 amide bonds. The van der Waals surface area contributed by atoms with Crippen molar-refractivity contribution in [2.75, 3.05) is 7.05 Å². The van der Waals surface area contributed by atoms with Gasteiger partial charge in [-0.2, -0.15) is 10.2 Å². The topological polar surface area (TPSA) is 37.8 Å². The summed E-state index contributed by atoms with van der Waals surface area (Å²) in [5, 5.41) is 11.3. The molecule has 1 N–H and O–H groups in total. The maximum Gasteiger partial charge on any atom is 0.0544 e. The molecule has 1 aromatic heterocycles. The third-order valence-electron chi connectivity index (χ3n) is 4.39. The Labute approximate surface area is 104 Å². The Morgan fingerprint density at radius 2 is 2.06 bits per heavy atom. The van der Waals surface area contributed by atoms with Gasteiger partial charge in [0.2, 0.25) is 0 Å². The predicted octanol–water partition coefficient (Wildman–Crippen LogP) is 2.81. The molecular weight excluding hydrogens is 210 g/mol. The summed E-state index contributed by atoms with van der Waals surface area (Å²) in [6.45, 7) is 4.76. The Morgan fingerprint density at radius 1 is 1.24 bits per heavy atom. The number of nitrogens with one attached hydrogen (secondary N) is 1. The monoisotopic (exact) mass is 233 g/mol. The SMILES string of the molecule is CNC(c1ccnnc1)C1CCC(C)C(C)C1. The normalized spacial score (nSPS) is 31.1. The quantitative estimate of drug-likeness (QED) is 0.872. The Morgan fingerprint density at radius 3 is 2.65 bits per heavy atom. The number of nitrogens with zero attached hydrogens (tertiary/aromatic N) is 2. The first-order valence-electron chi connectivity index (χ1n) is 6.66. The van der Waals surface area contributed by atoms with Gasteiger partial charge in [0, 0.05) is 12.2 Å². The standard InChI is InChI=1S/C14H23N3/c1-10-4-5-12(8-11(10)2)14(15-3)13-6-7-16-17-9-13/h6-7,9-12,14-15H,4-5,8H2,1-3H3. The van der Waals surface area contributed by atoms with Crippen molar-refractivity contribution in [3.63, 3.8) is 0 Å². The second-order valence-corrected chi connectivity index (χ2v) is 5.47. The molecule has 1 heterocycles. The van der Waals surface area contributed by atoms with Crippen molar-refractivity contribution in [2.24, 2.45) is 17.8 Å². The fraction of sp³-hybridized carbons (Fsp3) is 0.714. The molecule has 0 spiro atoms. The van der Waals surface area contributed by atoms with Crippen LogP contribution >= 0.6 is 0 Å². The first kappa shape index (κ1) is 12.5. The molecule has 3 heteroatoms. The fourth-order valence-corrected chi connectivity index (χ4v) is 3.05. The first-order chi connectivity index (χ1) is 8.22. The summed E-state index contributed by atoms with van der Waals surface area (Å²) >= 11 is 0. The molecule has 3 nitrogen and oxygen atoms in total. The minimum absolute atomic E-state index is 0.431. The van der Waals surface area contributed by atoms with Crippen molar-refractivity contribution in [3.8, 4) is 0 Å². The lowest BCUT2D eigenvalue weighted by atomic mass is 9.72. The fourth-order valence-electron chi connectivity index (χ4n) is 3.05. The summed E-state index contributed by atoms with van der Waals surface area (Å²) in [6, 6.07) is 2.51. The van der Waals surface area contributed by atoms with Crippen LogP contribution < -0.4 is 5.32 Å². The average molecular weight is 233 g/mol. The predicted molar refractivity (Wildman–Crippen MR) is 69.5 cm³/mol. The van der Waals surface area contributed by atoms with E-state index in [4.69, 9.17) is 0 Å². The lowest BCUT2D eigenvalue weighted by Gasteiger charge is -2.36. The molecule has 1 saturated carbocycles. The van der Waals surface area contributed by atoms with E-state index >= 15 is 0 Å². The van der Waals surface area contributed by atoms with E-state index in [2.05, 4.69) is 35.4 Å². The van der Waals surface area contributed by atoms with E-state index < -0.39 is 0 Å². The van der Waals surface area contributed by atoms with E-state index in [1.165, 1.54) is 24.8 Å². The molecule has 2 rings (SSSR count). The molecule has 0 aromatic carbocycles. The second kappa shape index (κ2) is 5.58. The second-order valence-electron chi connectivity index (χ2n) is 5.47. The van der Waals surface area contributed by atoms with E-state index in [0.717, 1.165) is 17.8 Å². The summed E-state index contributed by atoms with van der Waals surface area (Å²) in [5.74, 6) is 2.44. The Kier molecular flexibility index (Phi) is 4.11. The highest BCUT2D eigenvalue weighted by Gasteiger charge is 2.30. The van der Waals surface area contributed by atoms with Gasteiger partial charge in [0.25, 0.3) is 0 Å². The van der Waals surface area contributed by atoms with Crippen LogP contribution in [0.15, 0.2) is 18.5 Å². The van der Waals surface area contributed by atoms with E-state index in [0.29, 0.717) is 6.04 Å². The van der Waals surface area contributed by atoms with Crippen molar-refractivity contribution >= 4 is 0 Å². The molecule has 4 unspecified atom stereocenters. The lowest BCUT2D eigenvalue weighted by Crippen LogP contribution is -2.31. The zero-order valence-corrected chi connectivity index (χ0v) is 11.1. The molecular formula is C14H23N3. The minimum Gasteiger partial charge on any atom is -0.313 e. The Hall–Kier alpha value is -0.960. The van der Waals surface area contributed by atoms with Crippen LogP contribution in [0.25, 0.3) is 0 Å². The summed E-state index contributed by atoms with van der Waals surface area (Å²) in [5.41, 5.74) is 1.27. The zero-order valence-electron chi connectivity index (χ0n) is 11.1. The van der Waals surface area contributed by atoms with Gasteiger partial charge in [-0.3, -0.25) is 0 Å². The van der Waals surface area contributed by atoms with Gasteiger partial charge in [0.05, 0.1) is 6.20 Å². The molecule has 1 aliphatic rings. The van der Waals surface area contributed by atoms with Gasteiger partial charge in [-0.1, -0.05) is 20.3 Å². The van der Waals surface area contributed by atoms with Crippen molar-refractivity contribution in [1.29, 1.82) is 0 Å². The van der Waals surface area contributed by atoms with Gasteiger partial charge < -0.3 is 5.32 Å². The summed E-state index contributed by atoms with van der Waals surface area (Å²) in [4.78, 5) is 0. The van der Waals surface area contributed by atoms with Crippen molar-refractivity contribution in [1.82, 2.24) is 15.5 Å². The van der Waals surface area contributed by atoms with E-state index in [1.54, 1.807) is 6.20 Å². The van der Waals surface area contributed by atoms with Crippen LogP contribution in [0.2, 0.25) is 0 Å². The van der Waals surface area contributed by atoms with Gasteiger partial charge >= 0.3 is 0 Å². The highest BCUT2D eigenvalue weighted by atomic mass is 15.1. The molecule has 4 atom stereocenters.